The van der Waals surface area contributed by atoms with E-state index in [0.29, 0.717) is 40.0 Å². The maximum Gasteiger partial charge on any atom is 0.255 e. The number of amides is 2. The number of hydrogen-bond acceptors (Lipinski definition) is 3. The van der Waals surface area contributed by atoms with Gasteiger partial charge < -0.3 is 14.6 Å². The van der Waals surface area contributed by atoms with Crippen molar-refractivity contribution in [1.82, 2.24) is 10.2 Å². The highest BCUT2D eigenvalue weighted by Gasteiger charge is 2.22. The van der Waals surface area contributed by atoms with Gasteiger partial charge in [-0.05, 0) is 66.6 Å². The number of nitrogens with zero attached hydrogens (tertiary/aromatic N) is 1. The average molecular weight is 430 g/mol. The molecule has 2 amide bonds. The van der Waals surface area contributed by atoms with Gasteiger partial charge in [0.15, 0.2) is 0 Å². The summed E-state index contributed by atoms with van der Waals surface area (Å²) >= 11 is 0. The fourth-order valence-corrected chi connectivity index (χ4v) is 3.60. The molecule has 0 bridgehead atoms. The van der Waals surface area contributed by atoms with E-state index in [-0.39, 0.29) is 17.6 Å². The molecule has 0 aliphatic heterocycles. The molecule has 0 aliphatic rings. The molecule has 1 aromatic heterocycles. The summed E-state index contributed by atoms with van der Waals surface area (Å²) in [5.41, 5.74) is 3.99. The normalized spacial score (nSPS) is 10.9. The Bertz CT molecular complexity index is 1290. The van der Waals surface area contributed by atoms with Gasteiger partial charge in [0.05, 0.1) is 5.56 Å². The minimum Gasteiger partial charge on any atom is -0.455 e. The fraction of sp³-hybridized carbons (Fsp3) is 0.154. The van der Waals surface area contributed by atoms with Crippen LogP contribution in [-0.2, 0) is 0 Å². The van der Waals surface area contributed by atoms with E-state index >= 15 is 0 Å². The topological polar surface area (TPSA) is 62.6 Å². The Morgan fingerprint density at radius 3 is 2.19 bits per heavy atom. The molecule has 3 aromatic carbocycles. The van der Waals surface area contributed by atoms with Gasteiger partial charge in [0.1, 0.15) is 17.2 Å². The zero-order chi connectivity index (χ0) is 22.8. The van der Waals surface area contributed by atoms with Crippen molar-refractivity contribution < 1.29 is 18.4 Å². The van der Waals surface area contributed by atoms with Gasteiger partial charge in [-0.1, -0.05) is 18.2 Å². The van der Waals surface area contributed by atoms with Crippen LogP contribution in [0.1, 0.15) is 27.6 Å². The minimum atomic E-state index is -0.360. The van der Waals surface area contributed by atoms with Crippen molar-refractivity contribution in [3.63, 3.8) is 0 Å². The van der Waals surface area contributed by atoms with Crippen LogP contribution in [0.2, 0.25) is 0 Å². The first-order valence-electron chi connectivity index (χ1n) is 10.3. The number of furan rings is 1. The van der Waals surface area contributed by atoms with Crippen LogP contribution in [0.3, 0.4) is 0 Å². The van der Waals surface area contributed by atoms with Gasteiger partial charge >= 0.3 is 0 Å². The van der Waals surface area contributed by atoms with Gasteiger partial charge in [-0.25, -0.2) is 4.39 Å². The molecular formula is C26H23FN2O3. The fourth-order valence-electron chi connectivity index (χ4n) is 3.60. The monoisotopic (exact) mass is 430 g/mol. The maximum atomic E-state index is 13.4. The largest absolute Gasteiger partial charge is 0.455 e. The molecule has 6 heteroatoms. The van der Waals surface area contributed by atoms with Crippen LogP contribution in [0.5, 0.6) is 0 Å². The van der Waals surface area contributed by atoms with E-state index in [4.69, 9.17) is 4.42 Å². The highest BCUT2D eigenvalue weighted by molar-refractivity contribution is 6.11. The smallest absolute Gasteiger partial charge is 0.255 e. The summed E-state index contributed by atoms with van der Waals surface area (Å²) < 4.78 is 19.4. The van der Waals surface area contributed by atoms with E-state index < -0.39 is 0 Å². The van der Waals surface area contributed by atoms with Gasteiger partial charge in [-0.3, -0.25) is 9.59 Å². The highest BCUT2D eigenvalue weighted by Crippen LogP contribution is 2.36. The number of hydrogen-bond donors (Lipinski definition) is 1. The first-order chi connectivity index (χ1) is 15.4. The standard InChI is InChI=1S/C26H23FN2O3/c1-4-29(3)26(31)18-7-5-16(6-8-18)19-11-14-22-21(15-19)23(25(30)28-2)24(32-22)17-9-12-20(27)13-10-17/h5-15H,4H2,1-3H3,(H,28,30). The molecular weight excluding hydrogens is 407 g/mol. The molecule has 0 spiro atoms. The van der Waals surface area contributed by atoms with Crippen LogP contribution in [0.25, 0.3) is 33.4 Å². The van der Waals surface area contributed by atoms with Crippen molar-refractivity contribution in [2.45, 2.75) is 6.92 Å². The zero-order valence-electron chi connectivity index (χ0n) is 18.1. The minimum absolute atomic E-state index is 0.0322. The van der Waals surface area contributed by atoms with Gasteiger partial charge in [0.2, 0.25) is 0 Å². The Labute approximate surface area is 185 Å². The molecule has 4 aromatic rings. The van der Waals surface area contributed by atoms with Crippen molar-refractivity contribution in [3.8, 4) is 22.5 Å². The van der Waals surface area contributed by atoms with Crippen LogP contribution in [0.15, 0.2) is 71.1 Å². The molecule has 5 nitrogen and oxygen atoms in total. The van der Waals surface area contributed by atoms with E-state index in [0.717, 1.165) is 11.1 Å². The molecule has 32 heavy (non-hydrogen) atoms. The lowest BCUT2D eigenvalue weighted by molar-refractivity contribution is 0.0802. The van der Waals surface area contributed by atoms with Crippen molar-refractivity contribution in [1.29, 1.82) is 0 Å². The van der Waals surface area contributed by atoms with Crippen LogP contribution >= 0.6 is 0 Å². The van der Waals surface area contributed by atoms with E-state index in [2.05, 4.69) is 5.32 Å². The van der Waals surface area contributed by atoms with Crippen LogP contribution < -0.4 is 5.32 Å². The summed E-state index contributed by atoms with van der Waals surface area (Å²) in [6, 6.07) is 18.8. The summed E-state index contributed by atoms with van der Waals surface area (Å²) in [4.78, 5) is 26.7. The summed E-state index contributed by atoms with van der Waals surface area (Å²) in [6.07, 6.45) is 0. The number of benzene rings is 3. The average Bonchev–Trinajstić information content (AvgIpc) is 3.21. The Balaban J connectivity index is 1.79. The van der Waals surface area contributed by atoms with Gasteiger partial charge in [0, 0.05) is 37.2 Å². The van der Waals surface area contributed by atoms with E-state index in [9.17, 15) is 14.0 Å². The zero-order valence-corrected chi connectivity index (χ0v) is 18.1. The summed E-state index contributed by atoms with van der Waals surface area (Å²) in [6.45, 7) is 2.56. The summed E-state index contributed by atoms with van der Waals surface area (Å²) in [7, 11) is 3.32. The lowest BCUT2D eigenvalue weighted by atomic mass is 9.99. The quantitative estimate of drug-likeness (QED) is 0.464. The Kier molecular flexibility index (Phi) is 5.77. The van der Waals surface area contributed by atoms with Gasteiger partial charge in [-0.2, -0.15) is 0 Å². The molecule has 0 saturated heterocycles. The van der Waals surface area contributed by atoms with E-state index in [1.54, 1.807) is 43.3 Å². The number of nitrogens with one attached hydrogen (secondary N) is 1. The highest BCUT2D eigenvalue weighted by atomic mass is 19.1. The Morgan fingerprint density at radius 2 is 1.56 bits per heavy atom. The van der Waals surface area contributed by atoms with Crippen LogP contribution in [-0.4, -0.2) is 37.4 Å². The second-order valence-electron chi connectivity index (χ2n) is 7.50. The van der Waals surface area contributed by atoms with E-state index in [1.807, 2.05) is 37.3 Å². The number of rotatable bonds is 5. The molecule has 0 unspecified atom stereocenters. The molecule has 0 aliphatic carbocycles. The van der Waals surface area contributed by atoms with Crippen molar-refractivity contribution in [2.75, 3.05) is 20.6 Å². The molecule has 1 heterocycles. The Morgan fingerprint density at radius 1 is 0.938 bits per heavy atom. The van der Waals surface area contributed by atoms with Crippen LogP contribution in [0, 0.1) is 5.82 Å². The molecule has 0 atom stereocenters. The van der Waals surface area contributed by atoms with Crippen molar-refractivity contribution in [3.05, 3.63) is 83.7 Å². The van der Waals surface area contributed by atoms with Crippen molar-refractivity contribution >= 4 is 22.8 Å². The first kappa shape index (κ1) is 21.3. The predicted octanol–water partition coefficient (Wildman–Crippen LogP) is 5.36. The second kappa shape index (κ2) is 8.67. The molecule has 162 valence electrons. The number of carbonyl (C=O) groups is 2. The lowest BCUT2D eigenvalue weighted by Gasteiger charge is -2.14. The first-order valence-corrected chi connectivity index (χ1v) is 10.3. The molecule has 1 N–H and O–H groups in total. The number of fused-ring (bicyclic) bond motifs is 1. The molecule has 0 saturated carbocycles. The Hall–Kier alpha value is -3.93. The molecule has 4 rings (SSSR count). The number of halogens is 1. The lowest BCUT2D eigenvalue weighted by Crippen LogP contribution is -2.26. The van der Waals surface area contributed by atoms with Gasteiger partial charge in [-0.15, -0.1) is 0 Å². The summed E-state index contributed by atoms with van der Waals surface area (Å²) in [5, 5.41) is 3.32. The van der Waals surface area contributed by atoms with Crippen molar-refractivity contribution in [2.24, 2.45) is 0 Å². The second-order valence-corrected chi connectivity index (χ2v) is 7.50. The molecule has 0 radical (unpaired) electrons. The predicted molar refractivity (Wildman–Crippen MR) is 123 cm³/mol. The third-order valence-electron chi connectivity index (χ3n) is 5.53. The number of carbonyl (C=O) groups excluding carboxylic acids is 2. The van der Waals surface area contributed by atoms with E-state index in [1.165, 1.54) is 12.1 Å². The third kappa shape index (κ3) is 3.87. The molecule has 0 fully saturated rings. The third-order valence-corrected chi connectivity index (χ3v) is 5.53. The maximum absolute atomic E-state index is 13.4. The SMILES string of the molecule is CCN(C)C(=O)c1ccc(-c2ccc3oc(-c4ccc(F)cc4)c(C(=O)NC)c3c2)cc1. The summed E-state index contributed by atoms with van der Waals surface area (Å²) in [5.74, 6) is -0.292. The van der Waals surface area contributed by atoms with Crippen LogP contribution in [0.4, 0.5) is 4.39 Å². The van der Waals surface area contributed by atoms with Gasteiger partial charge in [0.25, 0.3) is 11.8 Å².